The van der Waals surface area contributed by atoms with Crippen molar-refractivity contribution in [1.29, 1.82) is 5.26 Å². The topological polar surface area (TPSA) is 80.5 Å². The predicted octanol–water partition coefficient (Wildman–Crippen LogP) is 1.48. The fourth-order valence-corrected chi connectivity index (χ4v) is 2.01. The molecule has 5 nitrogen and oxygen atoms in total. The van der Waals surface area contributed by atoms with Crippen molar-refractivity contribution in [3.05, 3.63) is 48.3 Å². The molecular formula is C13H15N5. The second kappa shape index (κ2) is 5.43. The van der Waals surface area contributed by atoms with Crippen LogP contribution >= 0.6 is 0 Å². The van der Waals surface area contributed by atoms with E-state index < -0.39 is 0 Å². The lowest BCUT2D eigenvalue weighted by atomic mass is 9.99. The van der Waals surface area contributed by atoms with Crippen molar-refractivity contribution in [2.45, 2.75) is 25.4 Å². The normalized spacial score (nSPS) is 13.8. The summed E-state index contributed by atoms with van der Waals surface area (Å²) in [6.45, 7) is 2.02. The minimum Gasteiger partial charge on any atom is -0.326 e. The van der Waals surface area contributed by atoms with Crippen LogP contribution < -0.4 is 5.73 Å². The van der Waals surface area contributed by atoms with Gasteiger partial charge in [0.15, 0.2) is 0 Å². The molecule has 0 aliphatic heterocycles. The Balaban J connectivity index is 2.48. The van der Waals surface area contributed by atoms with Crippen LogP contribution in [-0.2, 0) is 0 Å². The number of nitriles is 1. The molecule has 5 heteroatoms. The second-order valence-corrected chi connectivity index (χ2v) is 4.07. The number of aromatic nitrogens is 3. The minimum absolute atomic E-state index is 0.0875. The molecule has 18 heavy (non-hydrogen) atoms. The van der Waals surface area contributed by atoms with Gasteiger partial charge in [-0.3, -0.25) is 4.98 Å². The molecule has 2 N–H and O–H groups in total. The molecule has 0 bridgehead atoms. The summed E-state index contributed by atoms with van der Waals surface area (Å²) >= 11 is 0. The van der Waals surface area contributed by atoms with E-state index in [0.29, 0.717) is 5.82 Å². The highest BCUT2D eigenvalue weighted by Gasteiger charge is 2.22. The van der Waals surface area contributed by atoms with Crippen LogP contribution in [0.25, 0.3) is 0 Å². The molecule has 0 aliphatic carbocycles. The van der Waals surface area contributed by atoms with E-state index in [9.17, 15) is 0 Å². The lowest BCUT2D eigenvalue weighted by Gasteiger charge is -2.25. The van der Waals surface area contributed by atoms with Crippen LogP contribution in [-0.4, -0.2) is 20.6 Å². The summed E-state index contributed by atoms with van der Waals surface area (Å²) in [7, 11) is 0. The van der Waals surface area contributed by atoms with Crippen LogP contribution in [0.1, 0.15) is 30.8 Å². The van der Waals surface area contributed by atoms with Crippen LogP contribution in [0, 0.1) is 11.3 Å². The maximum absolute atomic E-state index is 9.07. The van der Waals surface area contributed by atoms with Crippen molar-refractivity contribution < 1.29 is 0 Å². The standard InChI is InChI=1S/C13H15N5/c1-2-11(15)13(10-4-3-5-16-9-10)18-7-6-17-12(18)8-14/h3-7,9,11,13H,2,15H2,1H3. The number of nitrogens with zero attached hydrogens (tertiary/aromatic N) is 4. The largest absolute Gasteiger partial charge is 0.326 e. The van der Waals surface area contributed by atoms with Crippen molar-refractivity contribution in [2.24, 2.45) is 5.73 Å². The first-order chi connectivity index (χ1) is 8.77. The molecule has 2 unspecified atom stereocenters. The third-order valence-corrected chi connectivity index (χ3v) is 2.97. The van der Waals surface area contributed by atoms with E-state index in [0.717, 1.165) is 12.0 Å². The summed E-state index contributed by atoms with van der Waals surface area (Å²) < 4.78 is 1.81. The Labute approximate surface area is 106 Å². The number of pyridine rings is 1. The fraction of sp³-hybridized carbons (Fsp3) is 0.308. The van der Waals surface area contributed by atoms with Crippen molar-refractivity contribution in [2.75, 3.05) is 0 Å². The predicted molar refractivity (Wildman–Crippen MR) is 67.6 cm³/mol. The van der Waals surface area contributed by atoms with Crippen molar-refractivity contribution in [3.63, 3.8) is 0 Å². The maximum atomic E-state index is 9.07. The lowest BCUT2D eigenvalue weighted by Crippen LogP contribution is -2.33. The van der Waals surface area contributed by atoms with E-state index in [1.807, 2.05) is 23.6 Å². The van der Waals surface area contributed by atoms with Gasteiger partial charge in [-0.05, 0) is 18.1 Å². The van der Waals surface area contributed by atoms with Crippen LogP contribution in [0.2, 0.25) is 0 Å². The first-order valence-electron chi connectivity index (χ1n) is 5.86. The number of nitrogens with two attached hydrogens (primary N) is 1. The van der Waals surface area contributed by atoms with E-state index in [1.54, 1.807) is 24.8 Å². The van der Waals surface area contributed by atoms with E-state index in [1.165, 1.54) is 0 Å². The quantitative estimate of drug-likeness (QED) is 0.879. The van der Waals surface area contributed by atoms with E-state index in [2.05, 4.69) is 16.0 Å². The van der Waals surface area contributed by atoms with Gasteiger partial charge in [0.25, 0.3) is 0 Å². The minimum atomic E-state index is -0.110. The van der Waals surface area contributed by atoms with Crippen molar-refractivity contribution >= 4 is 0 Å². The smallest absolute Gasteiger partial charge is 0.213 e. The Kier molecular flexibility index (Phi) is 3.70. The average Bonchev–Trinajstić information content (AvgIpc) is 2.88. The Morgan fingerprint density at radius 2 is 2.33 bits per heavy atom. The van der Waals surface area contributed by atoms with Gasteiger partial charge in [-0.25, -0.2) is 4.98 Å². The highest BCUT2D eigenvalue weighted by Crippen LogP contribution is 2.23. The summed E-state index contributed by atoms with van der Waals surface area (Å²) in [5.74, 6) is 0.368. The number of hydrogen-bond donors (Lipinski definition) is 1. The first-order valence-corrected chi connectivity index (χ1v) is 5.86. The lowest BCUT2D eigenvalue weighted by molar-refractivity contribution is 0.454. The molecule has 0 aliphatic rings. The highest BCUT2D eigenvalue weighted by molar-refractivity contribution is 5.22. The van der Waals surface area contributed by atoms with Gasteiger partial charge in [-0.2, -0.15) is 5.26 Å². The van der Waals surface area contributed by atoms with Gasteiger partial charge in [0.2, 0.25) is 5.82 Å². The van der Waals surface area contributed by atoms with E-state index in [4.69, 9.17) is 11.0 Å². The molecule has 0 aromatic carbocycles. The van der Waals surface area contributed by atoms with Gasteiger partial charge in [0, 0.05) is 30.8 Å². The number of imidazole rings is 1. The number of rotatable bonds is 4. The molecule has 0 saturated carbocycles. The molecule has 2 rings (SSSR count). The summed E-state index contributed by atoms with van der Waals surface area (Å²) in [5.41, 5.74) is 7.17. The average molecular weight is 241 g/mol. The van der Waals surface area contributed by atoms with Crippen molar-refractivity contribution in [1.82, 2.24) is 14.5 Å². The fourth-order valence-electron chi connectivity index (χ4n) is 2.01. The van der Waals surface area contributed by atoms with Gasteiger partial charge in [0.1, 0.15) is 6.07 Å². The first kappa shape index (κ1) is 12.3. The molecule has 0 radical (unpaired) electrons. The van der Waals surface area contributed by atoms with Gasteiger partial charge in [0.05, 0.1) is 6.04 Å². The van der Waals surface area contributed by atoms with Gasteiger partial charge >= 0.3 is 0 Å². The molecule has 0 spiro atoms. The zero-order valence-electron chi connectivity index (χ0n) is 10.2. The molecule has 2 heterocycles. The third-order valence-electron chi connectivity index (χ3n) is 2.97. The second-order valence-electron chi connectivity index (χ2n) is 4.07. The van der Waals surface area contributed by atoms with Crippen molar-refractivity contribution in [3.8, 4) is 6.07 Å². The molecule has 0 fully saturated rings. The van der Waals surface area contributed by atoms with Gasteiger partial charge in [-0.1, -0.05) is 13.0 Å². The van der Waals surface area contributed by atoms with Crippen LogP contribution in [0.4, 0.5) is 0 Å². The highest BCUT2D eigenvalue weighted by atomic mass is 15.1. The molecule has 2 atom stereocenters. The zero-order chi connectivity index (χ0) is 13.0. The molecule has 2 aromatic heterocycles. The van der Waals surface area contributed by atoms with Gasteiger partial charge < -0.3 is 10.3 Å². The molecular weight excluding hydrogens is 226 g/mol. The Morgan fingerprint density at radius 3 is 2.94 bits per heavy atom. The summed E-state index contributed by atoms with van der Waals surface area (Å²) in [4.78, 5) is 8.14. The monoisotopic (exact) mass is 241 g/mol. The van der Waals surface area contributed by atoms with Crippen LogP contribution in [0.5, 0.6) is 0 Å². The summed E-state index contributed by atoms with van der Waals surface area (Å²) in [6.07, 6.45) is 7.71. The Morgan fingerprint density at radius 1 is 1.50 bits per heavy atom. The SMILES string of the molecule is CCC(N)C(c1cccnc1)n1ccnc1C#N. The van der Waals surface area contributed by atoms with E-state index >= 15 is 0 Å². The maximum Gasteiger partial charge on any atom is 0.213 e. The molecule has 0 saturated heterocycles. The third kappa shape index (κ3) is 2.24. The summed E-state index contributed by atoms with van der Waals surface area (Å²) in [6, 6.07) is 5.72. The number of hydrogen-bond acceptors (Lipinski definition) is 4. The Bertz CT molecular complexity index is 540. The van der Waals surface area contributed by atoms with Gasteiger partial charge in [-0.15, -0.1) is 0 Å². The molecule has 2 aromatic rings. The zero-order valence-corrected chi connectivity index (χ0v) is 10.2. The van der Waals surface area contributed by atoms with E-state index in [-0.39, 0.29) is 12.1 Å². The van der Waals surface area contributed by atoms with Crippen LogP contribution in [0.3, 0.4) is 0 Å². The Hall–Kier alpha value is -2.19. The molecule has 92 valence electrons. The summed E-state index contributed by atoms with van der Waals surface area (Å²) in [5, 5.41) is 9.07. The molecule has 0 amide bonds. The van der Waals surface area contributed by atoms with Crippen LogP contribution in [0.15, 0.2) is 36.9 Å².